The zero-order chi connectivity index (χ0) is 23.3. The van der Waals surface area contributed by atoms with Gasteiger partial charge in [0, 0.05) is 11.1 Å². The molecule has 0 saturated heterocycles. The molecule has 4 rings (SSSR count). The van der Waals surface area contributed by atoms with Crippen molar-refractivity contribution in [2.45, 2.75) is 39.0 Å². The lowest BCUT2D eigenvalue weighted by Crippen LogP contribution is -2.13. The second kappa shape index (κ2) is 7.80. The third-order valence-corrected chi connectivity index (χ3v) is 5.57. The van der Waals surface area contributed by atoms with Gasteiger partial charge in [-0.15, -0.1) is 0 Å². The van der Waals surface area contributed by atoms with E-state index in [1.165, 1.54) is 12.1 Å². The van der Waals surface area contributed by atoms with E-state index in [0.717, 1.165) is 30.2 Å². The smallest absolute Gasteiger partial charge is 0.247 e. The molecule has 0 atom stereocenters. The number of hydrogen-bond donors (Lipinski definition) is 0. The van der Waals surface area contributed by atoms with E-state index in [1.807, 2.05) is 19.1 Å². The summed E-state index contributed by atoms with van der Waals surface area (Å²) in [5.74, 6) is 0. The molecule has 0 radical (unpaired) electrons. The van der Waals surface area contributed by atoms with E-state index in [0.29, 0.717) is 17.7 Å². The van der Waals surface area contributed by atoms with Crippen LogP contribution in [0.15, 0.2) is 59.6 Å². The van der Waals surface area contributed by atoms with Crippen LogP contribution in [0.5, 0.6) is 0 Å². The van der Waals surface area contributed by atoms with Crippen molar-refractivity contribution in [3.05, 3.63) is 88.0 Å². The summed E-state index contributed by atoms with van der Waals surface area (Å²) in [6.07, 6.45) is -7.80. The van der Waals surface area contributed by atoms with Crippen molar-refractivity contribution >= 4 is 11.4 Å². The molecule has 7 heteroatoms. The summed E-state index contributed by atoms with van der Waals surface area (Å²) in [5, 5.41) is 0. The van der Waals surface area contributed by atoms with Crippen LogP contribution in [0.3, 0.4) is 0 Å². The highest BCUT2D eigenvalue weighted by Gasteiger charge is 2.41. The Morgan fingerprint density at radius 2 is 1.50 bits per heavy atom. The molecule has 0 spiro atoms. The molecule has 0 fully saturated rings. The largest absolute Gasteiger partial charge is 0.417 e. The maximum Gasteiger partial charge on any atom is 0.417 e. The first-order valence-electron chi connectivity index (χ1n) is 10.1. The maximum atomic E-state index is 13.9. The average Bonchev–Trinajstić information content (AvgIpc) is 3.03. The van der Waals surface area contributed by atoms with E-state index in [2.05, 4.69) is 4.99 Å². The molecule has 0 aromatic heterocycles. The number of fused-ring (bicyclic) bond motifs is 3. The van der Waals surface area contributed by atoms with Gasteiger partial charge < -0.3 is 0 Å². The molecule has 3 aromatic carbocycles. The van der Waals surface area contributed by atoms with Crippen LogP contribution in [0.4, 0.5) is 32.0 Å². The predicted molar refractivity (Wildman–Crippen MR) is 112 cm³/mol. The van der Waals surface area contributed by atoms with Gasteiger partial charge >= 0.3 is 12.4 Å². The van der Waals surface area contributed by atoms with Crippen molar-refractivity contribution in [2.24, 2.45) is 4.99 Å². The van der Waals surface area contributed by atoms with Gasteiger partial charge in [0.15, 0.2) is 0 Å². The van der Waals surface area contributed by atoms with E-state index in [4.69, 9.17) is 0 Å². The predicted octanol–water partition coefficient (Wildman–Crippen LogP) is 8.13. The highest BCUT2D eigenvalue weighted by Crippen LogP contribution is 2.47. The Labute approximate surface area is 181 Å². The topological polar surface area (TPSA) is 12.4 Å². The highest BCUT2D eigenvalue weighted by atomic mass is 19.4. The minimum Gasteiger partial charge on any atom is -0.247 e. The third kappa shape index (κ3) is 3.80. The minimum atomic E-state index is -4.68. The quantitative estimate of drug-likeness (QED) is 0.281. The van der Waals surface area contributed by atoms with Crippen LogP contribution in [0.1, 0.15) is 46.7 Å². The Morgan fingerprint density at radius 3 is 2.16 bits per heavy atom. The van der Waals surface area contributed by atoms with E-state index < -0.39 is 23.5 Å². The van der Waals surface area contributed by atoms with Crippen molar-refractivity contribution < 1.29 is 26.3 Å². The number of aryl methyl sites for hydroxylation is 2. The summed E-state index contributed by atoms with van der Waals surface area (Å²) < 4.78 is 81.9. The SMILES string of the molecule is CCCc1ccccc1N=C1c2ccc(C(F)(F)F)cc2-c2c(C)ccc(C(F)(F)F)c21. The molecule has 1 aliphatic carbocycles. The molecule has 0 N–H and O–H groups in total. The first-order valence-corrected chi connectivity index (χ1v) is 10.1. The Balaban J connectivity index is 2.07. The molecule has 3 aromatic rings. The third-order valence-electron chi connectivity index (χ3n) is 5.57. The summed E-state index contributed by atoms with van der Waals surface area (Å²) in [6.45, 7) is 3.57. The molecule has 0 unspecified atom stereocenters. The summed E-state index contributed by atoms with van der Waals surface area (Å²) in [5.41, 5.74) is 0.420. The van der Waals surface area contributed by atoms with E-state index in [-0.39, 0.29) is 28.0 Å². The van der Waals surface area contributed by atoms with Gasteiger partial charge in [-0.3, -0.25) is 0 Å². The summed E-state index contributed by atoms with van der Waals surface area (Å²) in [4.78, 5) is 4.60. The van der Waals surface area contributed by atoms with Crippen molar-refractivity contribution in [3.63, 3.8) is 0 Å². The zero-order valence-electron chi connectivity index (χ0n) is 17.3. The number of rotatable bonds is 3. The molecule has 32 heavy (non-hydrogen) atoms. The lowest BCUT2D eigenvalue weighted by atomic mass is 9.95. The Morgan fingerprint density at radius 1 is 0.781 bits per heavy atom. The Kier molecular flexibility index (Phi) is 5.39. The number of aliphatic imine (C=N–C) groups is 1. The minimum absolute atomic E-state index is 0.0447. The highest BCUT2D eigenvalue weighted by molar-refractivity contribution is 6.26. The standard InChI is InChI=1S/C25H19F6N/c1-3-6-15-7-4-5-8-20(15)32-23-17-11-10-16(24(26,27)28)13-18(17)21-14(2)9-12-19(22(21)23)25(29,30)31/h4-5,7-13H,3,6H2,1-2H3. The van der Waals surface area contributed by atoms with Crippen LogP contribution in [-0.4, -0.2) is 5.71 Å². The molecular formula is C25H19F6N. The molecule has 1 nitrogen and oxygen atoms in total. The summed E-state index contributed by atoms with van der Waals surface area (Å²) in [6, 6.07) is 12.4. The van der Waals surface area contributed by atoms with Gasteiger partial charge in [0.1, 0.15) is 0 Å². The van der Waals surface area contributed by atoms with Crippen molar-refractivity contribution in [1.82, 2.24) is 0 Å². The van der Waals surface area contributed by atoms with Gasteiger partial charge in [-0.2, -0.15) is 26.3 Å². The average molecular weight is 447 g/mol. The van der Waals surface area contributed by atoms with Gasteiger partial charge in [-0.05, 0) is 59.9 Å². The number of nitrogens with zero attached hydrogens (tertiary/aromatic N) is 1. The number of para-hydroxylation sites is 1. The van der Waals surface area contributed by atoms with Crippen LogP contribution in [0, 0.1) is 6.92 Å². The summed E-state index contributed by atoms with van der Waals surface area (Å²) in [7, 11) is 0. The second-order valence-electron chi connectivity index (χ2n) is 7.78. The van der Waals surface area contributed by atoms with Crippen LogP contribution < -0.4 is 0 Å². The molecule has 0 aliphatic heterocycles. The number of halogens is 6. The molecule has 1 aliphatic rings. The Hall–Kier alpha value is -3.09. The van der Waals surface area contributed by atoms with Crippen LogP contribution in [0.2, 0.25) is 0 Å². The van der Waals surface area contributed by atoms with E-state index in [1.54, 1.807) is 19.1 Å². The van der Waals surface area contributed by atoms with Crippen LogP contribution in [-0.2, 0) is 18.8 Å². The first kappa shape index (κ1) is 22.1. The van der Waals surface area contributed by atoms with Crippen molar-refractivity contribution in [3.8, 4) is 11.1 Å². The fraction of sp³-hybridized carbons (Fsp3) is 0.240. The molecule has 166 valence electrons. The number of alkyl halides is 6. The molecular weight excluding hydrogens is 428 g/mol. The van der Waals surface area contributed by atoms with E-state index in [9.17, 15) is 26.3 Å². The second-order valence-corrected chi connectivity index (χ2v) is 7.78. The number of benzene rings is 3. The number of hydrogen-bond acceptors (Lipinski definition) is 1. The summed E-state index contributed by atoms with van der Waals surface area (Å²) >= 11 is 0. The molecule has 0 bridgehead atoms. The molecule has 0 heterocycles. The lowest BCUT2D eigenvalue weighted by Gasteiger charge is -2.15. The monoisotopic (exact) mass is 447 g/mol. The Bertz CT molecular complexity index is 1220. The van der Waals surface area contributed by atoms with Gasteiger partial charge in [0.25, 0.3) is 0 Å². The lowest BCUT2D eigenvalue weighted by molar-refractivity contribution is -0.138. The zero-order valence-corrected chi connectivity index (χ0v) is 17.3. The van der Waals surface area contributed by atoms with Crippen LogP contribution >= 0.6 is 0 Å². The molecule has 0 amide bonds. The fourth-order valence-electron chi connectivity index (χ4n) is 4.14. The van der Waals surface area contributed by atoms with Crippen molar-refractivity contribution in [1.29, 1.82) is 0 Å². The van der Waals surface area contributed by atoms with Crippen LogP contribution in [0.25, 0.3) is 11.1 Å². The fourth-order valence-corrected chi connectivity index (χ4v) is 4.14. The molecule has 0 saturated carbocycles. The van der Waals surface area contributed by atoms with Crippen molar-refractivity contribution in [2.75, 3.05) is 0 Å². The maximum absolute atomic E-state index is 13.9. The van der Waals surface area contributed by atoms with E-state index >= 15 is 0 Å². The van der Waals surface area contributed by atoms with Gasteiger partial charge in [0.05, 0.1) is 22.5 Å². The van der Waals surface area contributed by atoms with Gasteiger partial charge in [-0.1, -0.05) is 43.7 Å². The first-order chi connectivity index (χ1) is 15.0. The van der Waals surface area contributed by atoms with Gasteiger partial charge in [-0.25, -0.2) is 4.99 Å². The van der Waals surface area contributed by atoms with Gasteiger partial charge in [0.2, 0.25) is 0 Å². The normalized spacial score (nSPS) is 14.6.